The van der Waals surface area contributed by atoms with Crippen molar-refractivity contribution in [2.45, 2.75) is 0 Å². The van der Waals surface area contributed by atoms with Gasteiger partial charge in [0.2, 0.25) is 0 Å². The third-order valence-electron chi connectivity index (χ3n) is 9.97. The number of rotatable bonds is 5. The van der Waals surface area contributed by atoms with Crippen LogP contribution in [0.1, 0.15) is 0 Å². The highest BCUT2D eigenvalue weighted by Gasteiger charge is 2.20. The van der Waals surface area contributed by atoms with Crippen molar-refractivity contribution in [1.82, 2.24) is 0 Å². The normalized spacial score (nSPS) is 11.6. The first kappa shape index (κ1) is 29.1. The molecule has 0 atom stereocenters. The van der Waals surface area contributed by atoms with Gasteiger partial charge in [0.1, 0.15) is 0 Å². The maximum Gasteiger partial charge on any atom is 0.0434 e. The first-order valence-corrected chi connectivity index (χ1v) is 18.7. The first-order valence-electron chi connectivity index (χ1n) is 17.0. The van der Waals surface area contributed by atoms with Gasteiger partial charge >= 0.3 is 0 Å². The zero-order valence-corrected chi connectivity index (χ0v) is 28.8. The molecule has 2 heteroatoms. The molecule has 0 N–H and O–H groups in total. The molecule has 0 aliphatic heterocycles. The largest absolute Gasteiger partial charge is 0.135 e. The van der Waals surface area contributed by atoms with Crippen LogP contribution in [-0.2, 0) is 0 Å². The minimum absolute atomic E-state index is 1.23. The second-order valence-electron chi connectivity index (χ2n) is 12.7. The highest BCUT2D eigenvalue weighted by atomic mass is 32.1. The van der Waals surface area contributed by atoms with Crippen LogP contribution in [0.25, 0.3) is 96.0 Å². The van der Waals surface area contributed by atoms with E-state index in [9.17, 15) is 0 Å². The molecule has 234 valence electrons. The lowest BCUT2D eigenvalue weighted by atomic mass is 9.85. The lowest BCUT2D eigenvalue weighted by molar-refractivity contribution is 1.55. The molecule has 0 bridgehead atoms. The van der Waals surface area contributed by atoms with Crippen LogP contribution < -0.4 is 0 Å². The van der Waals surface area contributed by atoms with Crippen LogP contribution in [-0.4, -0.2) is 0 Å². The van der Waals surface area contributed by atoms with Gasteiger partial charge in [-0.3, -0.25) is 0 Å². The van der Waals surface area contributed by atoms with Gasteiger partial charge in [-0.25, -0.2) is 0 Å². The van der Waals surface area contributed by atoms with Crippen LogP contribution >= 0.6 is 22.7 Å². The van der Waals surface area contributed by atoms with Crippen molar-refractivity contribution in [2.75, 3.05) is 0 Å². The second-order valence-corrected chi connectivity index (χ2v) is 14.8. The van der Waals surface area contributed by atoms with Crippen molar-refractivity contribution in [3.8, 4) is 55.6 Å². The molecule has 0 saturated carbocycles. The maximum absolute atomic E-state index is 2.29. The maximum atomic E-state index is 2.29. The Bertz CT molecular complexity index is 2690. The predicted molar refractivity (Wildman–Crippen MR) is 219 cm³/mol. The van der Waals surface area contributed by atoms with Crippen LogP contribution in [0.5, 0.6) is 0 Å². The molecule has 0 saturated heterocycles. The summed E-state index contributed by atoms with van der Waals surface area (Å²) in [6.45, 7) is 0. The fourth-order valence-electron chi connectivity index (χ4n) is 7.73. The molecule has 8 aromatic carbocycles. The first-order chi connectivity index (χ1) is 24.8. The lowest BCUT2D eigenvalue weighted by Crippen LogP contribution is -1.92. The summed E-state index contributed by atoms with van der Waals surface area (Å²) in [5, 5.41) is 5.29. The van der Waals surface area contributed by atoms with Crippen LogP contribution in [0.3, 0.4) is 0 Å². The van der Waals surface area contributed by atoms with Gasteiger partial charge in [-0.05, 0) is 56.6 Å². The van der Waals surface area contributed by atoms with E-state index < -0.39 is 0 Å². The fraction of sp³-hybridized carbons (Fsp3) is 0. The third kappa shape index (κ3) is 4.64. The Labute approximate surface area is 299 Å². The molecule has 0 unspecified atom stereocenters. The molecule has 0 aliphatic rings. The summed E-state index contributed by atoms with van der Waals surface area (Å²) in [6.07, 6.45) is 0. The molecule has 50 heavy (non-hydrogen) atoms. The minimum atomic E-state index is 1.23. The molecular formula is C48H30S2. The summed E-state index contributed by atoms with van der Waals surface area (Å²) in [5.41, 5.74) is 12.5. The molecule has 0 spiro atoms. The average molecular weight is 671 g/mol. The number of hydrogen-bond donors (Lipinski definition) is 0. The summed E-state index contributed by atoms with van der Waals surface area (Å²) in [7, 11) is 0. The van der Waals surface area contributed by atoms with Crippen molar-refractivity contribution < 1.29 is 0 Å². The minimum Gasteiger partial charge on any atom is -0.135 e. The summed E-state index contributed by atoms with van der Waals surface area (Å²) in [4.78, 5) is 0. The average Bonchev–Trinajstić information content (AvgIpc) is 3.77. The summed E-state index contributed by atoms with van der Waals surface area (Å²) < 4.78 is 5.32. The number of benzene rings is 8. The molecule has 0 amide bonds. The van der Waals surface area contributed by atoms with E-state index in [2.05, 4.69) is 182 Å². The topological polar surface area (TPSA) is 0 Å². The summed E-state index contributed by atoms with van der Waals surface area (Å²) >= 11 is 3.78. The van der Waals surface area contributed by atoms with Gasteiger partial charge in [0.05, 0.1) is 0 Å². The van der Waals surface area contributed by atoms with Crippen LogP contribution in [0.4, 0.5) is 0 Å². The van der Waals surface area contributed by atoms with Crippen molar-refractivity contribution in [3.05, 3.63) is 182 Å². The van der Waals surface area contributed by atoms with Gasteiger partial charge in [0.15, 0.2) is 0 Å². The van der Waals surface area contributed by atoms with Crippen LogP contribution in [0.15, 0.2) is 182 Å². The number of hydrogen-bond acceptors (Lipinski definition) is 2. The number of fused-ring (bicyclic) bond motifs is 6. The molecular weight excluding hydrogens is 641 g/mol. The van der Waals surface area contributed by atoms with E-state index in [1.165, 1.54) is 96.0 Å². The van der Waals surface area contributed by atoms with Gasteiger partial charge < -0.3 is 0 Å². The quantitative estimate of drug-likeness (QED) is 0.171. The monoisotopic (exact) mass is 670 g/mol. The molecule has 2 heterocycles. The molecule has 0 nitrogen and oxygen atoms in total. The molecule has 10 aromatic rings. The van der Waals surface area contributed by atoms with Gasteiger partial charge in [0, 0.05) is 51.5 Å². The van der Waals surface area contributed by atoms with E-state index in [0.29, 0.717) is 0 Å². The molecule has 0 aliphatic carbocycles. The molecule has 10 rings (SSSR count). The van der Waals surface area contributed by atoms with Gasteiger partial charge in [-0.1, -0.05) is 170 Å². The van der Waals surface area contributed by atoms with Crippen LogP contribution in [0, 0.1) is 0 Å². The Hall–Kier alpha value is -5.80. The van der Waals surface area contributed by atoms with Crippen LogP contribution in [0.2, 0.25) is 0 Å². The molecule has 2 aromatic heterocycles. The van der Waals surface area contributed by atoms with Gasteiger partial charge in [0.25, 0.3) is 0 Å². The second kappa shape index (κ2) is 12.0. The van der Waals surface area contributed by atoms with Crippen molar-refractivity contribution >= 4 is 63.0 Å². The fourth-order valence-corrected chi connectivity index (χ4v) is 10.2. The molecule has 0 fully saturated rings. The van der Waals surface area contributed by atoms with Crippen molar-refractivity contribution in [3.63, 3.8) is 0 Å². The summed E-state index contributed by atoms with van der Waals surface area (Å²) in [6, 6.07) is 66.8. The zero-order chi connectivity index (χ0) is 33.0. The van der Waals surface area contributed by atoms with Crippen molar-refractivity contribution in [2.24, 2.45) is 0 Å². The zero-order valence-electron chi connectivity index (χ0n) is 27.1. The predicted octanol–water partition coefficient (Wildman–Crippen LogP) is 14.8. The lowest BCUT2D eigenvalue weighted by Gasteiger charge is -2.19. The third-order valence-corrected chi connectivity index (χ3v) is 12.4. The van der Waals surface area contributed by atoms with E-state index in [-0.39, 0.29) is 0 Å². The highest BCUT2D eigenvalue weighted by Crippen LogP contribution is 2.47. The number of thiophene rings is 2. The van der Waals surface area contributed by atoms with Gasteiger partial charge in [-0.2, -0.15) is 0 Å². The summed E-state index contributed by atoms with van der Waals surface area (Å²) in [5.74, 6) is 0. The van der Waals surface area contributed by atoms with E-state index in [1.807, 2.05) is 22.7 Å². The van der Waals surface area contributed by atoms with E-state index in [1.54, 1.807) is 0 Å². The van der Waals surface area contributed by atoms with E-state index >= 15 is 0 Å². The highest BCUT2D eigenvalue weighted by molar-refractivity contribution is 7.26. The standard InChI is InChI=1S/C48H30S2/c1-3-17-33(35-19-5-7-21-37(35)41-25-13-27-43-39-23-9-11-29-45(39)49-47(41)43)31(15-1)32-16-2-4-18-34(32)36-20-6-8-22-38(36)42-26-14-28-44-40-24-10-12-30-46(40)50-48(42)44/h1-30H. The smallest absolute Gasteiger partial charge is 0.0434 e. The Kier molecular flexibility index (Phi) is 6.97. The Morgan fingerprint density at radius 1 is 0.200 bits per heavy atom. The van der Waals surface area contributed by atoms with E-state index in [0.717, 1.165) is 0 Å². The van der Waals surface area contributed by atoms with E-state index in [4.69, 9.17) is 0 Å². The van der Waals surface area contributed by atoms with Crippen molar-refractivity contribution in [1.29, 1.82) is 0 Å². The Morgan fingerprint density at radius 3 is 0.780 bits per heavy atom. The Balaban J connectivity index is 1.17. The Morgan fingerprint density at radius 2 is 0.440 bits per heavy atom. The van der Waals surface area contributed by atoms with Gasteiger partial charge in [-0.15, -0.1) is 22.7 Å². The molecule has 0 radical (unpaired) electrons. The SMILES string of the molecule is c1ccc(-c2ccccc2-c2cccc3c2sc2ccccc23)c(-c2ccccc2-c2ccccc2-c2cccc3c2sc2ccccc23)c1.